The van der Waals surface area contributed by atoms with Gasteiger partial charge in [-0.3, -0.25) is 4.68 Å². The molecular weight excluding hydrogens is 338 g/mol. The summed E-state index contributed by atoms with van der Waals surface area (Å²) in [6, 6.07) is 17.9. The van der Waals surface area contributed by atoms with E-state index in [4.69, 9.17) is 9.47 Å². The first-order chi connectivity index (χ1) is 13.3. The highest BCUT2D eigenvalue weighted by Gasteiger charge is 2.16. The third kappa shape index (κ3) is 4.56. The van der Waals surface area contributed by atoms with Gasteiger partial charge in [0.1, 0.15) is 11.5 Å². The first kappa shape index (κ1) is 17.8. The summed E-state index contributed by atoms with van der Waals surface area (Å²) >= 11 is 0. The van der Waals surface area contributed by atoms with Gasteiger partial charge in [0.2, 0.25) is 0 Å². The van der Waals surface area contributed by atoms with E-state index in [0.717, 1.165) is 48.9 Å². The van der Waals surface area contributed by atoms with Crippen LogP contribution in [0.2, 0.25) is 0 Å². The predicted octanol–water partition coefficient (Wildman–Crippen LogP) is 4.15. The number of ether oxygens (including phenoxy) is 2. The molecule has 1 atom stereocenters. The standard InChI is InChI=1S/C22H25N3O2/c1-25-16-18(14-23-15-21-8-5-13-26-21)22(24-25)17-9-11-20(12-10-17)27-19-6-3-2-4-7-19/h2-4,6-7,9-12,16,21,23H,5,8,13-15H2,1H3/t21-/m1/s1. The maximum absolute atomic E-state index is 5.87. The highest BCUT2D eigenvalue weighted by atomic mass is 16.5. The molecular formula is C22H25N3O2. The minimum Gasteiger partial charge on any atom is -0.457 e. The van der Waals surface area contributed by atoms with E-state index in [1.165, 1.54) is 12.0 Å². The Balaban J connectivity index is 1.43. The van der Waals surface area contributed by atoms with E-state index in [-0.39, 0.29) is 0 Å². The van der Waals surface area contributed by atoms with Gasteiger partial charge in [0, 0.05) is 44.1 Å². The maximum Gasteiger partial charge on any atom is 0.127 e. The summed E-state index contributed by atoms with van der Waals surface area (Å²) in [4.78, 5) is 0. The van der Waals surface area contributed by atoms with Gasteiger partial charge >= 0.3 is 0 Å². The molecule has 3 aromatic rings. The van der Waals surface area contributed by atoms with Crippen molar-refractivity contribution in [1.29, 1.82) is 0 Å². The fourth-order valence-electron chi connectivity index (χ4n) is 3.39. The number of rotatable bonds is 7. The molecule has 5 heteroatoms. The molecule has 1 aliphatic heterocycles. The minimum absolute atomic E-state index is 0.347. The van der Waals surface area contributed by atoms with Crippen molar-refractivity contribution in [1.82, 2.24) is 15.1 Å². The summed E-state index contributed by atoms with van der Waals surface area (Å²) in [5.41, 5.74) is 3.28. The van der Waals surface area contributed by atoms with Crippen LogP contribution in [0.15, 0.2) is 60.8 Å². The molecule has 1 saturated heterocycles. The first-order valence-corrected chi connectivity index (χ1v) is 9.46. The van der Waals surface area contributed by atoms with Crippen LogP contribution >= 0.6 is 0 Å². The summed E-state index contributed by atoms with van der Waals surface area (Å²) in [5.74, 6) is 1.65. The van der Waals surface area contributed by atoms with Crippen molar-refractivity contribution >= 4 is 0 Å². The van der Waals surface area contributed by atoms with Gasteiger partial charge in [0.05, 0.1) is 11.8 Å². The molecule has 2 heterocycles. The monoisotopic (exact) mass is 363 g/mol. The lowest BCUT2D eigenvalue weighted by molar-refractivity contribution is 0.110. The molecule has 1 N–H and O–H groups in total. The number of nitrogens with one attached hydrogen (secondary N) is 1. The second-order valence-corrected chi connectivity index (χ2v) is 6.88. The van der Waals surface area contributed by atoms with Crippen LogP contribution in [0.1, 0.15) is 18.4 Å². The van der Waals surface area contributed by atoms with Crippen molar-refractivity contribution in [2.45, 2.75) is 25.5 Å². The van der Waals surface area contributed by atoms with Gasteiger partial charge in [-0.25, -0.2) is 0 Å². The van der Waals surface area contributed by atoms with Gasteiger partial charge in [-0.1, -0.05) is 18.2 Å². The second-order valence-electron chi connectivity index (χ2n) is 6.88. The number of hydrogen-bond donors (Lipinski definition) is 1. The Morgan fingerprint density at radius 1 is 1.11 bits per heavy atom. The SMILES string of the molecule is Cn1cc(CNC[C@H]2CCCO2)c(-c2ccc(Oc3ccccc3)cc2)n1. The van der Waals surface area contributed by atoms with Crippen LogP contribution in [0.4, 0.5) is 0 Å². The van der Waals surface area contributed by atoms with E-state index < -0.39 is 0 Å². The van der Waals surface area contributed by atoms with Crippen LogP contribution in [0.25, 0.3) is 11.3 Å². The average molecular weight is 363 g/mol. The van der Waals surface area contributed by atoms with E-state index in [1.54, 1.807) is 0 Å². The van der Waals surface area contributed by atoms with Crippen molar-refractivity contribution in [2.75, 3.05) is 13.2 Å². The zero-order valence-corrected chi connectivity index (χ0v) is 15.6. The van der Waals surface area contributed by atoms with Crippen LogP contribution in [0, 0.1) is 0 Å². The lowest BCUT2D eigenvalue weighted by Crippen LogP contribution is -2.25. The van der Waals surface area contributed by atoms with Gasteiger partial charge in [0.15, 0.2) is 0 Å². The molecule has 0 spiro atoms. The molecule has 140 valence electrons. The van der Waals surface area contributed by atoms with Gasteiger partial charge in [-0.2, -0.15) is 5.10 Å². The zero-order valence-electron chi connectivity index (χ0n) is 15.6. The maximum atomic E-state index is 5.87. The van der Waals surface area contributed by atoms with Gasteiger partial charge < -0.3 is 14.8 Å². The Morgan fingerprint density at radius 3 is 2.63 bits per heavy atom. The Labute approximate surface area is 159 Å². The molecule has 0 bridgehead atoms. The van der Waals surface area contributed by atoms with Gasteiger partial charge in [0.25, 0.3) is 0 Å². The Kier molecular flexibility index (Phi) is 5.51. The minimum atomic E-state index is 0.347. The van der Waals surface area contributed by atoms with Gasteiger partial charge in [-0.15, -0.1) is 0 Å². The summed E-state index contributed by atoms with van der Waals surface area (Å²) in [7, 11) is 1.96. The van der Waals surface area contributed by atoms with Crippen LogP contribution < -0.4 is 10.1 Å². The van der Waals surface area contributed by atoms with Crippen LogP contribution in [-0.2, 0) is 18.3 Å². The number of hydrogen-bond acceptors (Lipinski definition) is 4. The fraction of sp³-hybridized carbons (Fsp3) is 0.318. The molecule has 27 heavy (non-hydrogen) atoms. The molecule has 1 aromatic heterocycles. The van der Waals surface area contributed by atoms with Crippen molar-refractivity contribution in [3.63, 3.8) is 0 Å². The Hall–Kier alpha value is -2.63. The molecule has 5 nitrogen and oxygen atoms in total. The summed E-state index contributed by atoms with van der Waals surface area (Å²) in [5, 5.41) is 8.16. The smallest absolute Gasteiger partial charge is 0.127 e. The molecule has 0 radical (unpaired) electrons. The number of aromatic nitrogens is 2. The van der Waals surface area contributed by atoms with Crippen molar-refractivity contribution in [2.24, 2.45) is 7.05 Å². The summed E-state index contributed by atoms with van der Waals surface area (Å²) in [6.07, 6.45) is 4.74. The Morgan fingerprint density at radius 2 is 1.89 bits per heavy atom. The van der Waals surface area contributed by atoms with Crippen molar-refractivity contribution < 1.29 is 9.47 Å². The van der Waals surface area contributed by atoms with Crippen LogP contribution in [-0.4, -0.2) is 29.0 Å². The van der Waals surface area contributed by atoms with Crippen molar-refractivity contribution in [3.05, 3.63) is 66.4 Å². The number of para-hydroxylation sites is 1. The quantitative estimate of drug-likeness (QED) is 0.685. The molecule has 1 aliphatic rings. The van der Waals surface area contributed by atoms with E-state index in [2.05, 4.69) is 28.7 Å². The van der Waals surface area contributed by atoms with E-state index in [0.29, 0.717) is 6.10 Å². The fourth-order valence-corrected chi connectivity index (χ4v) is 3.39. The largest absolute Gasteiger partial charge is 0.457 e. The molecule has 0 saturated carbocycles. The summed E-state index contributed by atoms with van der Waals surface area (Å²) in [6.45, 7) is 2.56. The lowest BCUT2D eigenvalue weighted by Gasteiger charge is -2.11. The van der Waals surface area contributed by atoms with Crippen LogP contribution in [0.3, 0.4) is 0 Å². The molecule has 0 aliphatic carbocycles. The summed E-state index contributed by atoms with van der Waals surface area (Å²) < 4.78 is 13.4. The van der Waals surface area contributed by atoms with E-state index >= 15 is 0 Å². The molecule has 0 unspecified atom stereocenters. The number of nitrogens with zero attached hydrogens (tertiary/aromatic N) is 2. The normalized spacial score (nSPS) is 16.6. The van der Waals surface area contributed by atoms with E-state index in [9.17, 15) is 0 Å². The molecule has 1 fully saturated rings. The highest BCUT2D eigenvalue weighted by molar-refractivity contribution is 5.63. The highest BCUT2D eigenvalue weighted by Crippen LogP contribution is 2.27. The zero-order chi connectivity index (χ0) is 18.5. The molecule has 0 amide bonds. The first-order valence-electron chi connectivity index (χ1n) is 9.46. The second kappa shape index (κ2) is 8.37. The van der Waals surface area contributed by atoms with Crippen LogP contribution in [0.5, 0.6) is 11.5 Å². The number of aryl methyl sites for hydroxylation is 1. The van der Waals surface area contributed by atoms with Gasteiger partial charge in [-0.05, 0) is 49.2 Å². The average Bonchev–Trinajstić information content (AvgIpc) is 3.33. The Bertz CT molecular complexity index is 853. The predicted molar refractivity (Wildman–Crippen MR) is 106 cm³/mol. The van der Waals surface area contributed by atoms with Crippen molar-refractivity contribution in [3.8, 4) is 22.8 Å². The molecule has 4 rings (SSSR count). The topological polar surface area (TPSA) is 48.3 Å². The third-order valence-electron chi connectivity index (χ3n) is 4.72. The third-order valence-corrected chi connectivity index (χ3v) is 4.72. The number of benzene rings is 2. The lowest BCUT2D eigenvalue weighted by atomic mass is 10.1. The van der Waals surface area contributed by atoms with E-state index in [1.807, 2.05) is 54.2 Å². The molecule has 2 aromatic carbocycles.